The molecule has 1 aromatic rings. The lowest BCUT2D eigenvalue weighted by molar-refractivity contribution is 0.104. The first kappa shape index (κ1) is 7.69. The van der Waals surface area contributed by atoms with Crippen LogP contribution in [0.3, 0.4) is 0 Å². The molecule has 0 radical (unpaired) electrons. The summed E-state index contributed by atoms with van der Waals surface area (Å²) in [5.74, 6) is -0.0260. The second kappa shape index (κ2) is 3.12. The van der Waals surface area contributed by atoms with E-state index in [1.54, 1.807) is 11.4 Å². The van der Waals surface area contributed by atoms with Crippen molar-refractivity contribution in [3.05, 3.63) is 33.5 Å². The van der Waals surface area contributed by atoms with Gasteiger partial charge in [0.15, 0.2) is 5.78 Å². The van der Waals surface area contributed by atoms with Crippen molar-refractivity contribution in [3.8, 4) is 0 Å². The van der Waals surface area contributed by atoms with Crippen LogP contribution in [0.2, 0.25) is 0 Å². The molecule has 1 aromatic heterocycles. The van der Waals surface area contributed by atoms with Gasteiger partial charge in [-0.15, -0.1) is 11.3 Å². The number of halogens is 1. The minimum Gasteiger partial charge on any atom is -0.289 e. The summed E-state index contributed by atoms with van der Waals surface area (Å²) in [7, 11) is 0. The number of ketones is 1. The number of hydrogen-bond donors (Lipinski definition) is 0. The summed E-state index contributed by atoms with van der Waals surface area (Å²) in [6.45, 7) is 3.39. The third-order valence-electron chi connectivity index (χ3n) is 1.04. The van der Waals surface area contributed by atoms with Gasteiger partial charge in [-0.25, -0.2) is 0 Å². The van der Waals surface area contributed by atoms with Gasteiger partial charge < -0.3 is 0 Å². The molecule has 1 rings (SSSR count). The zero-order valence-electron chi connectivity index (χ0n) is 5.13. The summed E-state index contributed by atoms with van der Waals surface area (Å²) in [5.41, 5.74) is 0.701. The molecule has 0 saturated carbocycles. The highest BCUT2D eigenvalue weighted by atomic mass is 79.9. The van der Waals surface area contributed by atoms with Crippen LogP contribution in [0.4, 0.5) is 0 Å². The molecule has 0 bridgehead atoms. The molecule has 10 heavy (non-hydrogen) atoms. The highest BCUT2D eigenvalue weighted by Crippen LogP contribution is 2.20. The Morgan fingerprint density at radius 3 is 2.90 bits per heavy atom. The maximum atomic E-state index is 10.9. The van der Waals surface area contributed by atoms with Gasteiger partial charge in [0.25, 0.3) is 0 Å². The van der Waals surface area contributed by atoms with Gasteiger partial charge in [-0.05, 0) is 28.1 Å². The van der Waals surface area contributed by atoms with Crippen molar-refractivity contribution in [2.75, 3.05) is 0 Å². The molecule has 0 N–H and O–H groups in total. The van der Waals surface area contributed by atoms with E-state index in [2.05, 4.69) is 22.5 Å². The van der Waals surface area contributed by atoms with Crippen LogP contribution in [0.15, 0.2) is 27.9 Å². The lowest BCUT2D eigenvalue weighted by Gasteiger charge is -1.82. The third-order valence-corrected chi connectivity index (χ3v) is 2.54. The molecule has 0 unspecified atom stereocenters. The van der Waals surface area contributed by atoms with E-state index in [4.69, 9.17) is 0 Å². The first-order valence-corrected chi connectivity index (χ1v) is 4.32. The molecule has 1 nitrogen and oxygen atoms in total. The van der Waals surface area contributed by atoms with Crippen molar-refractivity contribution in [2.45, 2.75) is 0 Å². The fraction of sp³-hybridized carbons (Fsp3) is 0. The van der Waals surface area contributed by atoms with E-state index in [0.717, 1.165) is 3.79 Å². The lowest BCUT2D eigenvalue weighted by Crippen LogP contribution is -1.88. The molecule has 0 aliphatic rings. The van der Waals surface area contributed by atoms with Crippen LogP contribution in [-0.2, 0) is 0 Å². The van der Waals surface area contributed by atoms with E-state index in [0.29, 0.717) is 5.56 Å². The molecular formula is C7H5BrOS. The van der Waals surface area contributed by atoms with E-state index >= 15 is 0 Å². The van der Waals surface area contributed by atoms with Crippen LogP contribution in [-0.4, -0.2) is 5.78 Å². The molecule has 0 spiro atoms. The standard InChI is InChI=1S/C7H5BrOS/c1-2-6(9)5-3-7(8)10-4-5/h2-4H,1H2. The summed E-state index contributed by atoms with van der Waals surface area (Å²) in [6.07, 6.45) is 1.31. The van der Waals surface area contributed by atoms with Crippen molar-refractivity contribution in [2.24, 2.45) is 0 Å². The number of allylic oxidation sites excluding steroid dienone is 1. The number of hydrogen-bond acceptors (Lipinski definition) is 2. The summed E-state index contributed by atoms with van der Waals surface area (Å²) >= 11 is 4.76. The van der Waals surface area contributed by atoms with Gasteiger partial charge in [-0.1, -0.05) is 6.58 Å². The molecule has 0 aliphatic heterocycles. The van der Waals surface area contributed by atoms with E-state index in [1.807, 2.05) is 0 Å². The number of carbonyl (C=O) groups is 1. The smallest absolute Gasteiger partial charge is 0.186 e. The van der Waals surface area contributed by atoms with Crippen molar-refractivity contribution in [3.63, 3.8) is 0 Å². The highest BCUT2D eigenvalue weighted by molar-refractivity contribution is 9.11. The van der Waals surface area contributed by atoms with Crippen LogP contribution >= 0.6 is 27.3 Å². The Kier molecular flexibility index (Phi) is 2.40. The van der Waals surface area contributed by atoms with Gasteiger partial charge >= 0.3 is 0 Å². The number of rotatable bonds is 2. The number of thiophene rings is 1. The van der Waals surface area contributed by atoms with Gasteiger partial charge in [-0.3, -0.25) is 4.79 Å². The zero-order valence-corrected chi connectivity index (χ0v) is 7.54. The molecule has 0 aliphatic carbocycles. The van der Waals surface area contributed by atoms with Gasteiger partial charge in [0.2, 0.25) is 0 Å². The summed E-state index contributed by atoms with van der Waals surface area (Å²) in [5, 5.41) is 1.80. The quantitative estimate of drug-likeness (QED) is 0.549. The fourth-order valence-electron chi connectivity index (χ4n) is 0.557. The van der Waals surface area contributed by atoms with Crippen LogP contribution in [0, 0.1) is 0 Å². The Balaban J connectivity index is 2.95. The monoisotopic (exact) mass is 216 g/mol. The van der Waals surface area contributed by atoms with E-state index in [9.17, 15) is 4.79 Å². The molecule has 0 atom stereocenters. The second-order valence-corrected chi connectivity index (χ2v) is 4.00. The van der Waals surface area contributed by atoms with Gasteiger partial charge in [0.1, 0.15) is 0 Å². The molecule has 0 amide bonds. The summed E-state index contributed by atoms with van der Waals surface area (Å²) in [6, 6.07) is 1.79. The van der Waals surface area contributed by atoms with Crippen molar-refractivity contribution in [1.82, 2.24) is 0 Å². The highest BCUT2D eigenvalue weighted by Gasteiger charge is 2.01. The molecule has 0 aromatic carbocycles. The van der Waals surface area contributed by atoms with Gasteiger partial charge in [-0.2, -0.15) is 0 Å². The Morgan fingerprint density at radius 1 is 1.80 bits per heavy atom. The normalized spacial score (nSPS) is 9.30. The fourth-order valence-corrected chi connectivity index (χ4v) is 1.70. The average Bonchev–Trinajstić information content (AvgIpc) is 2.34. The Bertz CT molecular complexity index is 264. The van der Waals surface area contributed by atoms with Crippen molar-refractivity contribution < 1.29 is 4.79 Å². The van der Waals surface area contributed by atoms with Crippen LogP contribution in [0.25, 0.3) is 0 Å². The molecule has 3 heteroatoms. The zero-order chi connectivity index (χ0) is 7.56. The second-order valence-electron chi connectivity index (χ2n) is 1.71. The average molecular weight is 217 g/mol. The Labute approximate surface area is 71.5 Å². The van der Waals surface area contributed by atoms with Crippen molar-refractivity contribution in [1.29, 1.82) is 0 Å². The SMILES string of the molecule is C=CC(=O)c1csc(Br)c1. The molecular weight excluding hydrogens is 212 g/mol. The lowest BCUT2D eigenvalue weighted by atomic mass is 10.2. The minimum absolute atomic E-state index is 0.0260. The maximum Gasteiger partial charge on any atom is 0.186 e. The van der Waals surface area contributed by atoms with E-state index in [-0.39, 0.29) is 5.78 Å². The molecule has 1 heterocycles. The third kappa shape index (κ3) is 1.55. The maximum absolute atomic E-state index is 10.9. The van der Waals surface area contributed by atoms with E-state index < -0.39 is 0 Å². The van der Waals surface area contributed by atoms with Crippen LogP contribution in [0.1, 0.15) is 10.4 Å². The first-order chi connectivity index (χ1) is 4.74. The number of carbonyl (C=O) groups excluding carboxylic acids is 1. The van der Waals surface area contributed by atoms with Crippen molar-refractivity contribution >= 4 is 33.0 Å². The molecule has 0 saturated heterocycles. The van der Waals surface area contributed by atoms with Crippen LogP contribution in [0.5, 0.6) is 0 Å². The summed E-state index contributed by atoms with van der Waals surface area (Å²) < 4.78 is 0.970. The molecule has 0 fully saturated rings. The first-order valence-electron chi connectivity index (χ1n) is 2.65. The Hall–Kier alpha value is -0.410. The summed E-state index contributed by atoms with van der Waals surface area (Å²) in [4.78, 5) is 10.9. The minimum atomic E-state index is -0.0260. The molecule has 52 valence electrons. The van der Waals surface area contributed by atoms with E-state index in [1.165, 1.54) is 17.4 Å². The topological polar surface area (TPSA) is 17.1 Å². The van der Waals surface area contributed by atoms with Crippen LogP contribution < -0.4 is 0 Å². The predicted molar refractivity (Wildman–Crippen MR) is 46.5 cm³/mol. The van der Waals surface area contributed by atoms with Gasteiger partial charge in [0, 0.05) is 10.9 Å². The van der Waals surface area contributed by atoms with Gasteiger partial charge in [0.05, 0.1) is 3.79 Å². The Morgan fingerprint density at radius 2 is 2.50 bits per heavy atom. The largest absolute Gasteiger partial charge is 0.289 e. The predicted octanol–water partition coefficient (Wildman–Crippen LogP) is 2.88.